The minimum Gasteiger partial charge on any atom is -0.454 e. The monoisotopic (exact) mass is 381 g/mol. The second-order valence-corrected chi connectivity index (χ2v) is 7.53. The van der Waals surface area contributed by atoms with Gasteiger partial charge in [-0.05, 0) is 60.7 Å². The van der Waals surface area contributed by atoms with Gasteiger partial charge >= 0.3 is 0 Å². The largest absolute Gasteiger partial charge is 0.454 e. The van der Waals surface area contributed by atoms with Crippen molar-refractivity contribution in [2.24, 2.45) is 5.92 Å². The lowest BCUT2D eigenvalue weighted by molar-refractivity contribution is -0.119. The zero-order valence-electron chi connectivity index (χ0n) is 16.2. The van der Waals surface area contributed by atoms with Gasteiger partial charge in [0.05, 0.1) is 6.54 Å². The molecule has 0 aliphatic carbocycles. The molecule has 2 aliphatic rings. The van der Waals surface area contributed by atoms with Crippen LogP contribution in [0.2, 0.25) is 0 Å². The number of anilines is 2. The van der Waals surface area contributed by atoms with Crippen molar-refractivity contribution in [3.05, 3.63) is 48.0 Å². The van der Waals surface area contributed by atoms with Crippen LogP contribution in [0.5, 0.6) is 11.5 Å². The molecule has 0 atom stereocenters. The zero-order valence-corrected chi connectivity index (χ0v) is 16.2. The maximum absolute atomic E-state index is 12.1. The van der Waals surface area contributed by atoms with Gasteiger partial charge in [-0.2, -0.15) is 0 Å². The summed E-state index contributed by atoms with van der Waals surface area (Å²) >= 11 is 0. The molecule has 148 valence electrons. The molecule has 2 aromatic rings. The highest BCUT2D eigenvalue weighted by Gasteiger charge is 2.16. The molecular weight excluding hydrogens is 354 g/mol. The van der Waals surface area contributed by atoms with Crippen molar-refractivity contribution in [3.63, 3.8) is 0 Å². The normalized spacial score (nSPS) is 16.1. The van der Waals surface area contributed by atoms with Crippen LogP contribution < -0.4 is 25.0 Å². The first kappa shape index (κ1) is 18.5. The van der Waals surface area contributed by atoms with Crippen LogP contribution in [0.4, 0.5) is 11.4 Å². The third kappa shape index (κ3) is 4.50. The molecule has 6 heteroatoms. The van der Waals surface area contributed by atoms with Crippen LogP contribution in [0.1, 0.15) is 25.3 Å². The minimum atomic E-state index is -0.0493. The number of carbonyl (C=O) groups excluding carboxylic acids is 1. The quantitative estimate of drug-likeness (QED) is 0.803. The van der Waals surface area contributed by atoms with E-state index < -0.39 is 0 Å². The first-order valence-electron chi connectivity index (χ1n) is 9.91. The number of benzene rings is 2. The molecule has 1 fully saturated rings. The molecule has 1 amide bonds. The summed E-state index contributed by atoms with van der Waals surface area (Å²) in [4.78, 5) is 14.6. The van der Waals surface area contributed by atoms with E-state index in [1.807, 2.05) is 30.3 Å². The van der Waals surface area contributed by atoms with Gasteiger partial charge in [0.15, 0.2) is 11.5 Å². The molecule has 0 bridgehead atoms. The van der Waals surface area contributed by atoms with Crippen molar-refractivity contribution < 1.29 is 14.3 Å². The summed E-state index contributed by atoms with van der Waals surface area (Å²) in [5, 5.41) is 6.11. The second-order valence-electron chi connectivity index (χ2n) is 7.53. The van der Waals surface area contributed by atoms with Gasteiger partial charge in [0.2, 0.25) is 12.7 Å². The van der Waals surface area contributed by atoms with Gasteiger partial charge < -0.3 is 25.0 Å². The standard InChI is InChI=1S/C22H27N3O3/c1-16-8-10-25(11-9-16)19-5-3-18(4-6-19)23-14-22(26)24-13-17-2-7-20-21(12-17)28-15-27-20/h2-7,12,16,23H,8-11,13-15H2,1H3,(H,24,26). The van der Waals surface area contributed by atoms with E-state index in [-0.39, 0.29) is 19.2 Å². The van der Waals surface area contributed by atoms with E-state index in [9.17, 15) is 4.79 Å². The van der Waals surface area contributed by atoms with Crippen LogP contribution in [0.15, 0.2) is 42.5 Å². The third-order valence-electron chi connectivity index (χ3n) is 5.40. The molecule has 2 aliphatic heterocycles. The number of ether oxygens (including phenoxy) is 2. The van der Waals surface area contributed by atoms with Crippen molar-refractivity contribution in [1.82, 2.24) is 5.32 Å². The van der Waals surface area contributed by atoms with E-state index >= 15 is 0 Å². The van der Waals surface area contributed by atoms with Gasteiger partial charge in [0.25, 0.3) is 0 Å². The summed E-state index contributed by atoms with van der Waals surface area (Å²) in [5.74, 6) is 2.26. The van der Waals surface area contributed by atoms with Crippen LogP contribution >= 0.6 is 0 Å². The average Bonchev–Trinajstić information content (AvgIpc) is 3.19. The predicted octanol–water partition coefficient (Wildman–Crippen LogP) is 3.38. The molecule has 0 unspecified atom stereocenters. The molecule has 0 radical (unpaired) electrons. The topological polar surface area (TPSA) is 62.8 Å². The van der Waals surface area contributed by atoms with Gasteiger partial charge in [-0.1, -0.05) is 13.0 Å². The summed E-state index contributed by atoms with van der Waals surface area (Å²) in [7, 11) is 0. The molecule has 0 aromatic heterocycles. The van der Waals surface area contributed by atoms with Crippen molar-refractivity contribution in [1.29, 1.82) is 0 Å². The van der Waals surface area contributed by atoms with E-state index in [1.165, 1.54) is 18.5 Å². The lowest BCUT2D eigenvalue weighted by atomic mass is 9.99. The second kappa shape index (κ2) is 8.42. The Balaban J connectivity index is 1.22. The smallest absolute Gasteiger partial charge is 0.239 e. The van der Waals surface area contributed by atoms with Crippen molar-refractivity contribution in [3.8, 4) is 11.5 Å². The van der Waals surface area contributed by atoms with Crippen molar-refractivity contribution in [2.45, 2.75) is 26.3 Å². The molecule has 1 saturated heterocycles. The van der Waals surface area contributed by atoms with E-state index in [4.69, 9.17) is 9.47 Å². The highest BCUT2D eigenvalue weighted by atomic mass is 16.7. The molecule has 0 saturated carbocycles. The van der Waals surface area contributed by atoms with Crippen LogP contribution in [0.3, 0.4) is 0 Å². The molecule has 6 nitrogen and oxygen atoms in total. The average molecular weight is 381 g/mol. The first-order valence-corrected chi connectivity index (χ1v) is 9.91. The fraction of sp³-hybridized carbons (Fsp3) is 0.409. The maximum Gasteiger partial charge on any atom is 0.239 e. The summed E-state index contributed by atoms with van der Waals surface area (Å²) < 4.78 is 10.7. The number of piperidine rings is 1. The Kier molecular flexibility index (Phi) is 5.55. The highest BCUT2D eigenvalue weighted by molar-refractivity contribution is 5.80. The van der Waals surface area contributed by atoms with E-state index in [1.54, 1.807) is 0 Å². The number of hydrogen-bond donors (Lipinski definition) is 2. The number of rotatable bonds is 6. The summed E-state index contributed by atoms with van der Waals surface area (Å²) in [5.41, 5.74) is 3.19. The maximum atomic E-state index is 12.1. The number of nitrogens with zero attached hydrogens (tertiary/aromatic N) is 1. The van der Waals surface area contributed by atoms with Crippen LogP contribution in [0.25, 0.3) is 0 Å². The van der Waals surface area contributed by atoms with Crippen molar-refractivity contribution in [2.75, 3.05) is 36.6 Å². The van der Waals surface area contributed by atoms with E-state index in [0.29, 0.717) is 6.54 Å². The molecule has 28 heavy (non-hydrogen) atoms. The number of amides is 1. The molecular formula is C22H27N3O3. The summed E-state index contributed by atoms with van der Waals surface area (Å²) in [6, 6.07) is 14.0. The van der Waals surface area contributed by atoms with E-state index in [0.717, 1.165) is 41.8 Å². The first-order chi connectivity index (χ1) is 13.7. The van der Waals surface area contributed by atoms with Gasteiger partial charge in [0.1, 0.15) is 0 Å². The van der Waals surface area contributed by atoms with Gasteiger partial charge in [-0.25, -0.2) is 0 Å². The fourth-order valence-electron chi connectivity index (χ4n) is 3.55. The fourth-order valence-corrected chi connectivity index (χ4v) is 3.55. The van der Waals surface area contributed by atoms with E-state index in [2.05, 4.69) is 34.6 Å². The molecule has 2 heterocycles. The molecule has 0 spiro atoms. The number of hydrogen-bond acceptors (Lipinski definition) is 5. The minimum absolute atomic E-state index is 0.0493. The van der Waals surface area contributed by atoms with Gasteiger partial charge in [-0.3, -0.25) is 4.79 Å². The van der Waals surface area contributed by atoms with Crippen LogP contribution in [-0.2, 0) is 11.3 Å². The highest BCUT2D eigenvalue weighted by Crippen LogP contribution is 2.32. The van der Waals surface area contributed by atoms with Crippen molar-refractivity contribution >= 4 is 17.3 Å². The zero-order chi connectivity index (χ0) is 19.3. The summed E-state index contributed by atoms with van der Waals surface area (Å²) in [6.07, 6.45) is 2.51. The lowest BCUT2D eigenvalue weighted by Crippen LogP contribution is -2.32. The SMILES string of the molecule is CC1CCN(c2ccc(NCC(=O)NCc3ccc4c(c3)OCO4)cc2)CC1. The number of nitrogens with one attached hydrogen (secondary N) is 2. The Bertz CT molecular complexity index is 814. The third-order valence-corrected chi connectivity index (χ3v) is 5.40. The van der Waals surface area contributed by atoms with Crippen LogP contribution in [0, 0.1) is 5.92 Å². The Labute approximate surface area is 165 Å². The number of fused-ring (bicyclic) bond motifs is 1. The van der Waals surface area contributed by atoms with Crippen LogP contribution in [-0.4, -0.2) is 32.3 Å². The number of carbonyl (C=O) groups is 1. The van der Waals surface area contributed by atoms with Gasteiger partial charge in [0, 0.05) is 31.0 Å². The Morgan fingerprint density at radius 3 is 2.61 bits per heavy atom. The Morgan fingerprint density at radius 2 is 1.82 bits per heavy atom. The Morgan fingerprint density at radius 1 is 1.07 bits per heavy atom. The lowest BCUT2D eigenvalue weighted by Gasteiger charge is -2.32. The van der Waals surface area contributed by atoms with Gasteiger partial charge in [-0.15, -0.1) is 0 Å². The predicted molar refractivity (Wildman–Crippen MR) is 110 cm³/mol. The molecule has 2 aromatic carbocycles. The Hall–Kier alpha value is -2.89. The molecule has 2 N–H and O–H groups in total. The molecule has 4 rings (SSSR count). The summed E-state index contributed by atoms with van der Waals surface area (Å²) in [6.45, 7) is 5.52.